The second-order valence-corrected chi connectivity index (χ2v) is 3.84. The average molecular weight is 144 g/mol. The molecule has 0 N–H and O–H groups in total. The van der Waals surface area contributed by atoms with Crippen molar-refractivity contribution in [1.29, 1.82) is 0 Å². The second kappa shape index (κ2) is 2.70. The van der Waals surface area contributed by atoms with Gasteiger partial charge in [-0.1, -0.05) is 6.92 Å². The van der Waals surface area contributed by atoms with E-state index in [-0.39, 0.29) is 5.54 Å². The van der Waals surface area contributed by atoms with E-state index in [1.54, 1.807) is 0 Å². The van der Waals surface area contributed by atoms with Crippen molar-refractivity contribution in [2.75, 3.05) is 21.1 Å². The SMILES string of the molecule is CCC(C)(C=O)[N+](C)(C)C. The highest BCUT2D eigenvalue weighted by Crippen LogP contribution is 2.18. The number of carbonyl (C=O) groups excluding carboxylic acids is 1. The number of hydrogen-bond acceptors (Lipinski definition) is 1. The first-order valence-electron chi connectivity index (χ1n) is 3.65. The van der Waals surface area contributed by atoms with Crippen LogP contribution >= 0.6 is 0 Å². The van der Waals surface area contributed by atoms with Crippen molar-refractivity contribution in [1.82, 2.24) is 0 Å². The van der Waals surface area contributed by atoms with Crippen LogP contribution in [0.1, 0.15) is 20.3 Å². The topological polar surface area (TPSA) is 17.1 Å². The van der Waals surface area contributed by atoms with E-state index >= 15 is 0 Å². The minimum Gasteiger partial charge on any atom is -0.320 e. The summed E-state index contributed by atoms with van der Waals surface area (Å²) in [5, 5.41) is 0. The molecular formula is C8H18NO+. The van der Waals surface area contributed by atoms with Crippen molar-refractivity contribution < 1.29 is 9.28 Å². The minimum absolute atomic E-state index is 0.222. The minimum atomic E-state index is -0.222. The molecule has 0 bridgehead atoms. The standard InChI is InChI=1S/C8H18NO/c1-6-8(2,7-10)9(3,4)5/h7H,6H2,1-5H3/q+1. The van der Waals surface area contributed by atoms with Crippen LogP contribution in [0.2, 0.25) is 0 Å². The number of carbonyl (C=O) groups is 1. The first-order valence-corrected chi connectivity index (χ1v) is 3.65. The summed E-state index contributed by atoms with van der Waals surface area (Å²) in [6, 6.07) is 0. The predicted octanol–water partition coefficient (Wildman–Crippen LogP) is 1.06. The molecule has 1 unspecified atom stereocenters. The van der Waals surface area contributed by atoms with Crippen molar-refractivity contribution in [3.63, 3.8) is 0 Å². The molecule has 0 spiro atoms. The maximum atomic E-state index is 10.7. The third kappa shape index (κ3) is 1.57. The van der Waals surface area contributed by atoms with Gasteiger partial charge >= 0.3 is 0 Å². The molecule has 0 aromatic rings. The van der Waals surface area contributed by atoms with Crippen LogP contribution in [0.15, 0.2) is 0 Å². The zero-order valence-corrected chi connectivity index (χ0v) is 7.64. The van der Waals surface area contributed by atoms with Gasteiger partial charge in [-0.2, -0.15) is 0 Å². The molecular weight excluding hydrogens is 126 g/mol. The Kier molecular flexibility index (Phi) is 2.60. The molecule has 0 aliphatic heterocycles. The molecule has 0 rings (SSSR count). The van der Waals surface area contributed by atoms with E-state index in [0.717, 1.165) is 12.7 Å². The van der Waals surface area contributed by atoms with E-state index < -0.39 is 0 Å². The first kappa shape index (κ1) is 9.63. The summed E-state index contributed by atoms with van der Waals surface area (Å²) < 4.78 is 0.701. The van der Waals surface area contributed by atoms with Crippen molar-refractivity contribution in [2.24, 2.45) is 0 Å². The zero-order valence-electron chi connectivity index (χ0n) is 7.64. The number of hydrogen-bond donors (Lipinski definition) is 0. The number of rotatable bonds is 3. The van der Waals surface area contributed by atoms with Gasteiger partial charge in [-0.25, -0.2) is 0 Å². The number of nitrogens with zero attached hydrogens (tertiary/aromatic N) is 1. The molecule has 10 heavy (non-hydrogen) atoms. The summed E-state index contributed by atoms with van der Waals surface area (Å²) in [6.07, 6.45) is 1.94. The van der Waals surface area contributed by atoms with E-state index in [9.17, 15) is 4.79 Å². The van der Waals surface area contributed by atoms with Crippen LogP contribution in [0.5, 0.6) is 0 Å². The van der Waals surface area contributed by atoms with Crippen LogP contribution < -0.4 is 0 Å². The normalized spacial score (nSPS) is 18.1. The molecule has 2 heteroatoms. The van der Waals surface area contributed by atoms with Gasteiger partial charge < -0.3 is 4.48 Å². The molecule has 0 saturated heterocycles. The maximum absolute atomic E-state index is 10.7. The lowest BCUT2D eigenvalue weighted by molar-refractivity contribution is -0.910. The molecule has 0 amide bonds. The fraction of sp³-hybridized carbons (Fsp3) is 0.875. The highest BCUT2D eigenvalue weighted by atomic mass is 16.1. The first-order chi connectivity index (χ1) is 4.37. The summed E-state index contributed by atoms with van der Waals surface area (Å²) in [4.78, 5) is 10.7. The molecule has 0 heterocycles. The Morgan fingerprint density at radius 1 is 1.40 bits per heavy atom. The van der Waals surface area contributed by atoms with Gasteiger partial charge in [0.1, 0.15) is 0 Å². The highest BCUT2D eigenvalue weighted by molar-refractivity contribution is 5.61. The highest BCUT2D eigenvalue weighted by Gasteiger charge is 2.35. The Balaban J connectivity index is 4.48. The van der Waals surface area contributed by atoms with E-state index in [1.807, 2.05) is 35.0 Å². The van der Waals surface area contributed by atoms with Gasteiger partial charge in [0.15, 0.2) is 11.8 Å². The molecule has 1 atom stereocenters. The number of likely N-dealkylation sites (N-methyl/N-ethyl adjacent to an activating group) is 1. The predicted molar refractivity (Wildman–Crippen MR) is 42.8 cm³/mol. The maximum Gasteiger partial charge on any atom is 0.179 e. The molecule has 0 radical (unpaired) electrons. The van der Waals surface area contributed by atoms with Crippen LogP contribution in [0, 0.1) is 0 Å². The molecule has 0 fully saturated rings. The average Bonchev–Trinajstić information content (AvgIpc) is 1.84. The molecule has 0 aliphatic carbocycles. The Hall–Kier alpha value is -0.370. The van der Waals surface area contributed by atoms with E-state index in [2.05, 4.69) is 0 Å². The van der Waals surface area contributed by atoms with Crippen LogP contribution in [-0.2, 0) is 4.79 Å². The Morgan fingerprint density at radius 3 is 1.80 bits per heavy atom. The largest absolute Gasteiger partial charge is 0.320 e. The lowest BCUT2D eigenvalue weighted by Gasteiger charge is -2.39. The summed E-state index contributed by atoms with van der Waals surface area (Å²) in [6.45, 7) is 4.03. The van der Waals surface area contributed by atoms with Crippen molar-refractivity contribution in [3.8, 4) is 0 Å². The Bertz CT molecular complexity index is 126. The molecule has 0 aromatic heterocycles. The van der Waals surface area contributed by atoms with E-state index in [0.29, 0.717) is 4.48 Å². The summed E-state index contributed by atoms with van der Waals surface area (Å²) in [5.74, 6) is 0. The molecule has 60 valence electrons. The fourth-order valence-electron chi connectivity index (χ4n) is 0.716. The van der Waals surface area contributed by atoms with Gasteiger partial charge in [0.05, 0.1) is 21.1 Å². The van der Waals surface area contributed by atoms with Crippen LogP contribution in [-0.4, -0.2) is 37.5 Å². The van der Waals surface area contributed by atoms with Gasteiger partial charge in [0.25, 0.3) is 0 Å². The lowest BCUT2D eigenvalue weighted by Crippen LogP contribution is -2.55. The lowest BCUT2D eigenvalue weighted by atomic mass is 9.97. The molecule has 0 aliphatic rings. The Labute approximate surface area is 63.4 Å². The number of quaternary nitrogens is 1. The monoisotopic (exact) mass is 144 g/mol. The van der Waals surface area contributed by atoms with E-state index in [4.69, 9.17) is 0 Å². The summed E-state index contributed by atoms with van der Waals surface area (Å²) >= 11 is 0. The third-order valence-corrected chi connectivity index (χ3v) is 2.50. The molecule has 2 nitrogen and oxygen atoms in total. The van der Waals surface area contributed by atoms with Crippen LogP contribution in [0.4, 0.5) is 0 Å². The zero-order chi connectivity index (χ0) is 8.41. The van der Waals surface area contributed by atoms with Crippen LogP contribution in [0.3, 0.4) is 0 Å². The van der Waals surface area contributed by atoms with Crippen LogP contribution in [0.25, 0.3) is 0 Å². The van der Waals surface area contributed by atoms with Crippen molar-refractivity contribution in [2.45, 2.75) is 25.8 Å². The van der Waals surface area contributed by atoms with Gasteiger partial charge in [0.2, 0.25) is 0 Å². The van der Waals surface area contributed by atoms with E-state index in [1.165, 1.54) is 0 Å². The van der Waals surface area contributed by atoms with Gasteiger partial charge in [-0.15, -0.1) is 0 Å². The fourth-order valence-corrected chi connectivity index (χ4v) is 0.716. The second-order valence-electron chi connectivity index (χ2n) is 3.84. The van der Waals surface area contributed by atoms with Gasteiger partial charge in [-0.3, -0.25) is 4.79 Å². The van der Waals surface area contributed by atoms with Gasteiger partial charge in [-0.05, 0) is 6.92 Å². The van der Waals surface area contributed by atoms with Crippen molar-refractivity contribution >= 4 is 6.29 Å². The third-order valence-electron chi connectivity index (χ3n) is 2.50. The number of aldehydes is 1. The smallest absolute Gasteiger partial charge is 0.179 e. The summed E-state index contributed by atoms with van der Waals surface area (Å²) in [5.41, 5.74) is -0.222. The quantitative estimate of drug-likeness (QED) is 0.427. The summed E-state index contributed by atoms with van der Waals surface area (Å²) in [7, 11) is 6.12. The van der Waals surface area contributed by atoms with Gasteiger partial charge in [0, 0.05) is 6.42 Å². The molecule has 0 saturated carbocycles. The van der Waals surface area contributed by atoms with Crippen molar-refractivity contribution in [3.05, 3.63) is 0 Å². The molecule has 0 aromatic carbocycles. The Morgan fingerprint density at radius 2 is 1.80 bits per heavy atom.